The van der Waals surface area contributed by atoms with Gasteiger partial charge in [0.25, 0.3) is 0 Å². The first kappa shape index (κ1) is 13.8. The van der Waals surface area contributed by atoms with Crippen molar-refractivity contribution in [2.45, 2.75) is 32.9 Å². The highest BCUT2D eigenvalue weighted by Crippen LogP contribution is 2.15. The van der Waals surface area contributed by atoms with Crippen LogP contribution in [0.4, 0.5) is 0 Å². The summed E-state index contributed by atoms with van der Waals surface area (Å²) in [7, 11) is 0. The van der Waals surface area contributed by atoms with Crippen molar-refractivity contribution in [3.05, 3.63) is 27.3 Å². The first-order valence-electron chi connectivity index (χ1n) is 5.64. The van der Waals surface area contributed by atoms with Gasteiger partial charge in [-0.15, -0.1) is 0 Å². The van der Waals surface area contributed by atoms with Crippen molar-refractivity contribution in [2.75, 3.05) is 0 Å². The summed E-state index contributed by atoms with van der Waals surface area (Å²) >= 11 is 3.21. The van der Waals surface area contributed by atoms with Crippen LogP contribution in [-0.4, -0.2) is 21.1 Å². The molecule has 102 valence electrons. The minimum atomic E-state index is -0.633. The van der Waals surface area contributed by atoms with Gasteiger partial charge < -0.3 is 9.15 Å². The van der Waals surface area contributed by atoms with E-state index in [0.717, 1.165) is 4.57 Å². The van der Waals surface area contributed by atoms with E-state index in [1.165, 1.54) is 0 Å². The summed E-state index contributed by atoms with van der Waals surface area (Å²) in [6.07, 6.45) is 0. The second kappa shape index (κ2) is 4.80. The van der Waals surface area contributed by atoms with Crippen LogP contribution in [0.2, 0.25) is 0 Å². The molecule has 0 bridgehead atoms. The Balaban J connectivity index is 2.35. The van der Waals surface area contributed by atoms with Crippen LogP contribution in [-0.2, 0) is 16.1 Å². The van der Waals surface area contributed by atoms with E-state index in [1.54, 1.807) is 32.9 Å². The molecular formula is C12H13BrN2O4. The van der Waals surface area contributed by atoms with E-state index in [9.17, 15) is 9.59 Å². The first-order chi connectivity index (χ1) is 8.76. The summed E-state index contributed by atoms with van der Waals surface area (Å²) in [6.45, 7) is 5.05. The van der Waals surface area contributed by atoms with Crippen LogP contribution in [0, 0.1) is 0 Å². The summed E-state index contributed by atoms with van der Waals surface area (Å²) in [6, 6.07) is 3.27. The average molecular weight is 329 g/mol. The number of hydrogen-bond acceptors (Lipinski definition) is 5. The van der Waals surface area contributed by atoms with Crippen molar-refractivity contribution in [2.24, 2.45) is 0 Å². The Kier molecular flexibility index (Phi) is 3.49. The van der Waals surface area contributed by atoms with E-state index in [2.05, 4.69) is 20.9 Å². The van der Waals surface area contributed by atoms with E-state index >= 15 is 0 Å². The Morgan fingerprint density at radius 3 is 2.79 bits per heavy atom. The lowest BCUT2D eigenvalue weighted by Crippen LogP contribution is -2.29. The molecule has 0 N–H and O–H groups in total. The van der Waals surface area contributed by atoms with Gasteiger partial charge in [-0.05, 0) is 48.8 Å². The molecule has 0 fully saturated rings. The number of carbonyl (C=O) groups excluding carboxylic acids is 1. The van der Waals surface area contributed by atoms with Crippen LogP contribution in [0.1, 0.15) is 20.8 Å². The monoisotopic (exact) mass is 328 g/mol. The van der Waals surface area contributed by atoms with Crippen molar-refractivity contribution >= 4 is 33.1 Å². The normalized spacial score (nSPS) is 11.8. The second-order valence-electron chi connectivity index (χ2n) is 5.00. The second-order valence-corrected chi connectivity index (χ2v) is 5.81. The molecule has 2 rings (SSSR count). The van der Waals surface area contributed by atoms with Crippen molar-refractivity contribution in [3.8, 4) is 0 Å². The summed E-state index contributed by atoms with van der Waals surface area (Å²) in [5.74, 6) is -1.15. The van der Waals surface area contributed by atoms with E-state index in [0.29, 0.717) is 15.8 Å². The molecule has 2 aromatic heterocycles. The maximum absolute atomic E-state index is 11.7. The Hall–Kier alpha value is -1.63. The van der Waals surface area contributed by atoms with Gasteiger partial charge in [-0.1, -0.05) is 0 Å². The Morgan fingerprint density at radius 1 is 1.47 bits per heavy atom. The molecule has 19 heavy (non-hydrogen) atoms. The molecule has 2 aromatic rings. The number of oxazole rings is 1. The molecule has 7 heteroatoms. The number of ether oxygens (including phenoxy) is 1. The minimum Gasteiger partial charge on any atom is -0.459 e. The van der Waals surface area contributed by atoms with Gasteiger partial charge in [0.1, 0.15) is 16.7 Å². The molecule has 0 aliphatic carbocycles. The number of halogens is 1. The maximum atomic E-state index is 11.7. The predicted molar refractivity (Wildman–Crippen MR) is 71.8 cm³/mol. The van der Waals surface area contributed by atoms with Gasteiger partial charge in [-0.2, -0.15) is 0 Å². The highest BCUT2D eigenvalue weighted by Gasteiger charge is 2.20. The van der Waals surface area contributed by atoms with Crippen LogP contribution >= 0.6 is 15.9 Å². The van der Waals surface area contributed by atoms with Crippen molar-refractivity contribution in [3.63, 3.8) is 0 Å². The fourth-order valence-corrected chi connectivity index (χ4v) is 1.86. The summed E-state index contributed by atoms with van der Waals surface area (Å²) in [5.41, 5.74) is 0.0378. The van der Waals surface area contributed by atoms with Crippen molar-refractivity contribution < 1.29 is 13.9 Å². The number of hydrogen-bond donors (Lipinski definition) is 0. The molecule has 0 atom stereocenters. The van der Waals surface area contributed by atoms with Gasteiger partial charge >= 0.3 is 11.7 Å². The number of nitrogens with zero attached hydrogens (tertiary/aromatic N) is 2. The molecule has 0 radical (unpaired) electrons. The molecule has 0 unspecified atom stereocenters. The molecule has 2 heterocycles. The number of esters is 1. The highest BCUT2D eigenvalue weighted by molar-refractivity contribution is 9.10. The van der Waals surface area contributed by atoms with Gasteiger partial charge in [-0.25, -0.2) is 14.3 Å². The standard InChI is InChI=1S/C12H13BrN2O4/c1-12(2,3)19-9(16)6-15-10-7(18-11(15)17)4-5-8(13)14-10/h4-5H,6H2,1-3H3. The summed E-state index contributed by atoms with van der Waals surface area (Å²) < 4.78 is 11.9. The van der Waals surface area contributed by atoms with E-state index in [4.69, 9.17) is 9.15 Å². The molecular weight excluding hydrogens is 316 g/mol. The number of carbonyl (C=O) groups is 1. The SMILES string of the molecule is CC(C)(C)OC(=O)Cn1c(=O)oc2ccc(Br)nc21. The van der Waals surface area contributed by atoms with Crippen LogP contribution in [0.3, 0.4) is 0 Å². The lowest BCUT2D eigenvalue weighted by Gasteiger charge is -2.19. The highest BCUT2D eigenvalue weighted by atomic mass is 79.9. The van der Waals surface area contributed by atoms with Crippen LogP contribution in [0.5, 0.6) is 0 Å². The molecule has 0 saturated carbocycles. The number of pyridine rings is 1. The van der Waals surface area contributed by atoms with Crippen molar-refractivity contribution in [1.29, 1.82) is 0 Å². The zero-order chi connectivity index (χ0) is 14.2. The smallest absolute Gasteiger partial charge is 0.421 e. The number of aromatic nitrogens is 2. The predicted octanol–water partition coefficient (Wildman–Crippen LogP) is 2.09. The third-order valence-corrected chi connectivity index (χ3v) is 2.63. The molecule has 0 spiro atoms. The molecule has 0 aromatic carbocycles. The van der Waals surface area contributed by atoms with Gasteiger partial charge in [-0.3, -0.25) is 4.79 Å². The van der Waals surface area contributed by atoms with E-state index in [1.807, 2.05) is 0 Å². The molecule has 0 amide bonds. The fraction of sp³-hybridized carbons (Fsp3) is 0.417. The Bertz CT molecular complexity index is 681. The van der Waals surface area contributed by atoms with Gasteiger partial charge in [0.2, 0.25) is 0 Å². The number of fused-ring (bicyclic) bond motifs is 1. The van der Waals surface area contributed by atoms with E-state index in [-0.39, 0.29) is 6.54 Å². The molecule has 0 aliphatic heterocycles. The summed E-state index contributed by atoms with van der Waals surface area (Å²) in [4.78, 5) is 27.6. The zero-order valence-electron chi connectivity index (χ0n) is 10.8. The molecule has 0 saturated heterocycles. The minimum absolute atomic E-state index is 0.230. The average Bonchev–Trinajstić information content (AvgIpc) is 2.53. The Labute approximate surface area is 117 Å². The lowest BCUT2D eigenvalue weighted by atomic mass is 10.2. The quantitative estimate of drug-likeness (QED) is 0.623. The zero-order valence-corrected chi connectivity index (χ0v) is 12.4. The van der Waals surface area contributed by atoms with Crippen LogP contribution in [0.25, 0.3) is 11.2 Å². The Morgan fingerprint density at radius 2 is 2.16 bits per heavy atom. The molecule has 6 nitrogen and oxygen atoms in total. The van der Waals surface area contributed by atoms with Crippen LogP contribution < -0.4 is 5.76 Å². The van der Waals surface area contributed by atoms with Gasteiger partial charge in [0, 0.05) is 0 Å². The van der Waals surface area contributed by atoms with Gasteiger partial charge in [0.15, 0.2) is 11.2 Å². The topological polar surface area (TPSA) is 74.3 Å². The molecule has 0 aliphatic rings. The third-order valence-electron chi connectivity index (χ3n) is 2.19. The van der Waals surface area contributed by atoms with Crippen molar-refractivity contribution in [1.82, 2.24) is 9.55 Å². The van der Waals surface area contributed by atoms with Gasteiger partial charge in [0.05, 0.1) is 0 Å². The largest absolute Gasteiger partial charge is 0.459 e. The maximum Gasteiger partial charge on any atom is 0.421 e. The van der Waals surface area contributed by atoms with E-state index < -0.39 is 17.3 Å². The number of rotatable bonds is 2. The third kappa shape index (κ3) is 3.23. The summed E-state index contributed by atoms with van der Waals surface area (Å²) in [5, 5.41) is 0. The van der Waals surface area contributed by atoms with Crippen LogP contribution in [0.15, 0.2) is 25.9 Å². The lowest BCUT2D eigenvalue weighted by molar-refractivity contribution is -0.155. The first-order valence-corrected chi connectivity index (χ1v) is 6.43. The fourth-order valence-electron chi connectivity index (χ4n) is 1.56.